The SMILES string of the molecule is N[C@H](CCc1ccc(F)cc1Br)CC(=O)O. The van der Waals surface area contributed by atoms with Crippen LogP contribution in [0.1, 0.15) is 18.4 Å². The molecule has 0 saturated carbocycles. The molecule has 1 rings (SSSR count). The van der Waals surface area contributed by atoms with E-state index >= 15 is 0 Å². The van der Waals surface area contributed by atoms with Crippen LogP contribution in [0.15, 0.2) is 22.7 Å². The summed E-state index contributed by atoms with van der Waals surface area (Å²) in [6.07, 6.45) is 1.16. The Balaban J connectivity index is 2.51. The second-order valence-electron chi connectivity index (χ2n) is 3.63. The van der Waals surface area contributed by atoms with Gasteiger partial charge in [0.05, 0.1) is 6.42 Å². The number of carboxylic acid groups (broad SMARTS) is 1. The highest BCUT2D eigenvalue weighted by Crippen LogP contribution is 2.20. The first-order chi connectivity index (χ1) is 7.49. The standard InChI is InChI=1S/C11H13BrFNO2/c12-10-5-8(13)3-1-7(10)2-4-9(14)6-11(15)16/h1,3,5,9H,2,4,6,14H2,(H,15,16)/t9-/m1/s1. The molecule has 1 aromatic carbocycles. The van der Waals surface area contributed by atoms with Crippen molar-refractivity contribution in [3.05, 3.63) is 34.1 Å². The van der Waals surface area contributed by atoms with Gasteiger partial charge in [-0.25, -0.2) is 4.39 Å². The van der Waals surface area contributed by atoms with Crippen molar-refractivity contribution in [2.24, 2.45) is 5.73 Å². The van der Waals surface area contributed by atoms with Gasteiger partial charge in [0.2, 0.25) is 0 Å². The zero-order chi connectivity index (χ0) is 12.1. The molecular formula is C11H13BrFNO2. The van der Waals surface area contributed by atoms with Crippen LogP contribution in [-0.2, 0) is 11.2 Å². The highest BCUT2D eigenvalue weighted by atomic mass is 79.9. The molecule has 0 aliphatic carbocycles. The van der Waals surface area contributed by atoms with Crippen LogP contribution in [0.4, 0.5) is 4.39 Å². The third-order valence-corrected chi connectivity index (χ3v) is 2.97. The average molecular weight is 290 g/mol. The van der Waals surface area contributed by atoms with Gasteiger partial charge >= 0.3 is 5.97 Å². The molecule has 3 N–H and O–H groups in total. The quantitative estimate of drug-likeness (QED) is 0.874. The van der Waals surface area contributed by atoms with Crippen LogP contribution in [0.5, 0.6) is 0 Å². The largest absolute Gasteiger partial charge is 0.481 e. The van der Waals surface area contributed by atoms with Gasteiger partial charge in [0.1, 0.15) is 5.82 Å². The number of aliphatic carboxylic acids is 1. The van der Waals surface area contributed by atoms with E-state index in [0.717, 1.165) is 5.56 Å². The van der Waals surface area contributed by atoms with Gasteiger partial charge in [0, 0.05) is 10.5 Å². The smallest absolute Gasteiger partial charge is 0.304 e. The molecule has 5 heteroatoms. The minimum Gasteiger partial charge on any atom is -0.481 e. The fraction of sp³-hybridized carbons (Fsp3) is 0.364. The number of carbonyl (C=O) groups is 1. The van der Waals surface area contributed by atoms with Crippen LogP contribution in [0.25, 0.3) is 0 Å². The van der Waals surface area contributed by atoms with E-state index in [1.807, 2.05) is 0 Å². The van der Waals surface area contributed by atoms with Crippen LogP contribution in [0, 0.1) is 5.82 Å². The van der Waals surface area contributed by atoms with Gasteiger partial charge in [-0.3, -0.25) is 4.79 Å². The number of halogens is 2. The fourth-order valence-corrected chi connectivity index (χ4v) is 1.94. The Morgan fingerprint density at radius 1 is 1.56 bits per heavy atom. The molecule has 88 valence electrons. The van der Waals surface area contributed by atoms with Gasteiger partial charge in [-0.2, -0.15) is 0 Å². The van der Waals surface area contributed by atoms with E-state index in [0.29, 0.717) is 17.3 Å². The van der Waals surface area contributed by atoms with Crippen LogP contribution in [0.3, 0.4) is 0 Å². The summed E-state index contributed by atoms with van der Waals surface area (Å²) in [7, 11) is 0. The van der Waals surface area contributed by atoms with E-state index in [1.165, 1.54) is 12.1 Å². The molecule has 0 heterocycles. The minimum atomic E-state index is -0.898. The average Bonchev–Trinajstić information content (AvgIpc) is 2.15. The summed E-state index contributed by atoms with van der Waals surface area (Å²) in [6, 6.07) is 4.07. The van der Waals surface area contributed by atoms with Crippen LogP contribution < -0.4 is 5.73 Å². The van der Waals surface area contributed by atoms with E-state index in [-0.39, 0.29) is 18.3 Å². The third kappa shape index (κ3) is 4.28. The first kappa shape index (κ1) is 13.1. The molecule has 0 saturated heterocycles. The van der Waals surface area contributed by atoms with Crippen molar-refractivity contribution >= 4 is 21.9 Å². The Bertz CT molecular complexity index is 384. The topological polar surface area (TPSA) is 63.3 Å². The van der Waals surface area contributed by atoms with E-state index in [4.69, 9.17) is 10.8 Å². The van der Waals surface area contributed by atoms with Gasteiger partial charge in [-0.1, -0.05) is 22.0 Å². The van der Waals surface area contributed by atoms with Gasteiger partial charge in [0.15, 0.2) is 0 Å². The van der Waals surface area contributed by atoms with Crippen molar-refractivity contribution in [3.8, 4) is 0 Å². The van der Waals surface area contributed by atoms with Gasteiger partial charge in [-0.15, -0.1) is 0 Å². The summed E-state index contributed by atoms with van der Waals surface area (Å²) in [4.78, 5) is 10.4. The molecule has 0 aliphatic rings. The molecule has 0 aromatic heterocycles. The van der Waals surface area contributed by atoms with Crippen molar-refractivity contribution in [1.82, 2.24) is 0 Å². The predicted octanol–water partition coefficient (Wildman–Crippen LogP) is 2.32. The molecule has 1 aromatic rings. The number of rotatable bonds is 5. The van der Waals surface area contributed by atoms with Crippen molar-refractivity contribution in [2.75, 3.05) is 0 Å². The van der Waals surface area contributed by atoms with E-state index in [2.05, 4.69) is 15.9 Å². The van der Waals surface area contributed by atoms with Crippen molar-refractivity contribution in [1.29, 1.82) is 0 Å². The zero-order valence-electron chi connectivity index (χ0n) is 8.62. The fourth-order valence-electron chi connectivity index (χ4n) is 1.39. The number of hydrogen-bond acceptors (Lipinski definition) is 2. The summed E-state index contributed by atoms with van der Waals surface area (Å²) in [5, 5.41) is 8.53. The Morgan fingerprint density at radius 2 is 2.25 bits per heavy atom. The number of benzene rings is 1. The molecule has 0 bridgehead atoms. The third-order valence-electron chi connectivity index (χ3n) is 2.24. The summed E-state index contributed by atoms with van der Waals surface area (Å²) >= 11 is 3.25. The number of aryl methyl sites for hydroxylation is 1. The second kappa shape index (κ2) is 5.96. The molecular weight excluding hydrogens is 277 g/mol. The first-order valence-electron chi connectivity index (χ1n) is 4.90. The van der Waals surface area contributed by atoms with Crippen LogP contribution in [-0.4, -0.2) is 17.1 Å². The minimum absolute atomic E-state index is 0.0428. The predicted molar refractivity (Wildman–Crippen MR) is 62.6 cm³/mol. The van der Waals surface area contributed by atoms with Gasteiger partial charge in [0.25, 0.3) is 0 Å². The van der Waals surface area contributed by atoms with E-state index < -0.39 is 5.97 Å². The van der Waals surface area contributed by atoms with Crippen molar-refractivity contribution in [2.45, 2.75) is 25.3 Å². The molecule has 3 nitrogen and oxygen atoms in total. The van der Waals surface area contributed by atoms with Crippen LogP contribution >= 0.6 is 15.9 Å². The first-order valence-corrected chi connectivity index (χ1v) is 5.69. The Labute approximate surface area is 102 Å². The van der Waals surface area contributed by atoms with Gasteiger partial charge in [-0.05, 0) is 30.5 Å². The molecule has 1 atom stereocenters. The lowest BCUT2D eigenvalue weighted by atomic mass is 10.0. The van der Waals surface area contributed by atoms with E-state index in [9.17, 15) is 9.18 Å². The Hall–Kier alpha value is -0.940. The lowest BCUT2D eigenvalue weighted by Crippen LogP contribution is -2.24. The molecule has 0 amide bonds. The highest BCUT2D eigenvalue weighted by molar-refractivity contribution is 9.10. The molecule has 0 spiro atoms. The number of carboxylic acids is 1. The maximum absolute atomic E-state index is 12.8. The Kier molecular flexibility index (Phi) is 4.89. The summed E-state index contributed by atoms with van der Waals surface area (Å²) in [5.41, 5.74) is 6.56. The molecule has 0 aliphatic heterocycles. The lowest BCUT2D eigenvalue weighted by Gasteiger charge is -2.09. The summed E-state index contributed by atoms with van der Waals surface area (Å²) in [6.45, 7) is 0. The highest BCUT2D eigenvalue weighted by Gasteiger charge is 2.09. The monoisotopic (exact) mass is 289 g/mol. The van der Waals surface area contributed by atoms with E-state index in [1.54, 1.807) is 6.07 Å². The molecule has 0 unspecified atom stereocenters. The molecule has 16 heavy (non-hydrogen) atoms. The van der Waals surface area contributed by atoms with Gasteiger partial charge < -0.3 is 10.8 Å². The number of hydrogen-bond donors (Lipinski definition) is 2. The molecule has 0 fully saturated rings. The normalized spacial score (nSPS) is 12.4. The summed E-state index contributed by atoms with van der Waals surface area (Å²) < 4.78 is 13.5. The van der Waals surface area contributed by atoms with Crippen LogP contribution in [0.2, 0.25) is 0 Å². The van der Waals surface area contributed by atoms with Crippen molar-refractivity contribution in [3.63, 3.8) is 0 Å². The second-order valence-corrected chi connectivity index (χ2v) is 4.49. The maximum atomic E-state index is 12.8. The Morgan fingerprint density at radius 3 is 2.81 bits per heavy atom. The van der Waals surface area contributed by atoms with Crippen molar-refractivity contribution < 1.29 is 14.3 Å². The lowest BCUT2D eigenvalue weighted by molar-refractivity contribution is -0.137. The maximum Gasteiger partial charge on any atom is 0.304 e. The summed E-state index contributed by atoms with van der Waals surface area (Å²) in [5.74, 6) is -1.20. The molecule has 0 radical (unpaired) electrons. The number of nitrogens with two attached hydrogens (primary N) is 1. The zero-order valence-corrected chi connectivity index (χ0v) is 10.2.